The molecule has 1 aromatic rings. The Morgan fingerprint density at radius 3 is 2.48 bits per heavy atom. The van der Waals surface area contributed by atoms with Crippen molar-refractivity contribution in [3.63, 3.8) is 0 Å². The molecule has 0 radical (unpaired) electrons. The molecule has 0 atom stereocenters. The fraction of sp³-hybridized carbons (Fsp3) is 0.636. The number of carbonyl (C=O) groups excluding carboxylic acids is 1. The van der Waals surface area contributed by atoms with E-state index in [0.717, 1.165) is 63.6 Å². The summed E-state index contributed by atoms with van der Waals surface area (Å²) in [5.41, 5.74) is 1.31. The number of halogens is 1. The van der Waals surface area contributed by atoms with E-state index < -0.39 is 0 Å². The lowest BCUT2D eigenvalue weighted by molar-refractivity contribution is -0.128. The van der Waals surface area contributed by atoms with Crippen LogP contribution in [0.5, 0.6) is 5.75 Å². The number of guanidine groups is 1. The molecule has 7 heteroatoms. The topological polar surface area (TPSA) is 66.0 Å². The number of hydrogen-bond acceptors (Lipinski definition) is 3. The molecule has 0 aromatic heterocycles. The van der Waals surface area contributed by atoms with Gasteiger partial charge in [0.15, 0.2) is 5.96 Å². The number of nitrogens with one attached hydrogen (secondary N) is 2. The third-order valence-electron chi connectivity index (χ3n) is 6.01. The summed E-state index contributed by atoms with van der Waals surface area (Å²) < 4.78 is 5.65. The third kappa shape index (κ3) is 5.99. The number of amides is 1. The van der Waals surface area contributed by atoms with Gasteiger partial charge in [-0.15, -0.1) is 24.0 Å². The molecule has 6 nitrogen and oxygen atoms in total. The molecule has 0 bridgehead atoms. The predicted molar refractivity (Wildman–Crippen MR) is 128 cm³/mol. The summed E-state index contributed by atoms with van der Waals surface area (Å²) in [7, 11) is 1.74. The van der Waals surface area contributed by atoms with E-state index in [1.165, 1.54) is 18.4 Å². The molecule has 1 amide bonds. The van der Waals surface area contributed by atoms with Gasteiger partial charge in [0.2, 0.25) is 5.91 Å². The number of likely N-dealkylation sites (tertiary alicyclic amines) is 1. The fourth-order valence-corrected chi connectivity index (χ4v) is 4.48. The van der Waals surface area contributed by atoms with Crippen molar-refractivity contribution in [1.82, 2.24) is 15.5 Å². The minimum atomic E-state index is 0. The molecule has 2 fully saturated rings. The van der Waals surface area contributed by atoms with Gasteiger partial charge in [-0.2, -0.15) is 0 Å². The van der Waals surface area contributed by atoms with E-state index in [1.54, 1.807) is 7.11 Å². The van der Waals surface area contributed by atoms with E-state index in [2.05, 4.69) is 27.8 Å². The zero-order valence-electron chi connectivity index (χ0n) is 17.7. The Balaban J connectivity index is 0.00000300. The van der Waals surface area contributed by atoms with E-state index in [0.29, 0.717) is 0 Å². The maximum absolute atomic E-state index is 12.3. The van der Waals surface area contributed by atoms with Crippen LogP contribution in [0.25, 0.3) is 0 Å². The molecule has 3 rings (SSSR count). The van der Waals surface area contributed by atoms with Crippen molar-refractivity contribution in [2.75, 3.05) is 39.8 Å². The SMILES string of the molecule is CCNC(=NCC(=O)N1CCCC1)NCC1(c2ccccc2OC)CCCC1.I. The number of aliphatic imine (C=N–C) groups is 1. The van der Waals surface area contributed by atoms with Crippen LogP contribution in [0.2, 0.25) is 0 Å². The van der Waals surface area contributed by atoms with Gasteiger partial charge in [0.1, 0.15) is 12.3 Å². The van der Waals surface area contributed by atoms with Crippen LogP contribution in [0.1, 0.15) is 51.0 Å². The fourth-order valence-electron chi connectivity index (χ4n) is 4.48. The summed E-state index contributed by atoms with van der Waals surface area (Å²) in [6, 6.07) is 8.34. The lowest BCUT2D eigenvalue weighted by Gasteiger charge is -2.32. The van der Waals surface area contributed by atoms with E-state index >= 15 is 0 Å². The third-order valence-corrected chi connectivity index (χ3v) is 6.01. The van der Waals surface area contributed by atoms with Crippen LogP contribution in [0, 0.1) is 0 Å². The summed E-state index contributed by atoms with van der Waals surface area (Å²) in [5, 5.41) is 6.80. The average molecular weight is 514 g/mol. The molecule has 162 valence electrons. The second-order valence-electron chi connectivity index (χ2n) is 7.82. The van der Waals surface area contributed by atoms with Gasteiger partial charge in [-0.3, -0.25) is 4.79 Å². The second kappa shape index (κ2) is 11.6. The molecular formula is C22H35IN4O2. The van der Waals surface area contributed by atoms with Gasteiger partial charge >= 0.3 is 0 Å². The maximum atomic E-state index is 12.3. The number of hydrogen-bond donors (Lipinski definition) is 2. The number of para-hydroxylation sites is 1. The standard InChI is InChI=1S/C22H34N4O2.HI/c1-3-23-21(24-16-20(27)26-14-8-9-15-26)25-17-22(12-6-7-13-22)18-10-4-5-11-19(18)28-2;/h4-5,10-11H,3,6-9,12-17H2,1-2H3,(H2,23,24,25);1H. The number of ether oxygens (including phenoxy) is 1. The van der Waals surface area contributed by atoms with Crippen molar-refractivity contribution in [3.8, 4) is 5.75 Å². The average Bonchev–Trinajstić information content (AvgIpc) is 3.42. The summed E-state index contributed by atoms with van der Waals surface area (Å²) >= 11 is 0. The van der Waals surface area contributed by atoms with Crippen LogP contribution in [-0.4, -0.2) is 56.6 Å². The zero-order chi connectivity index (χ0) is 19.8. The molecule has 1 saturated carbocycles. The molecule has 2 N–H and O–H groups in total. The van der Waals surface area contributed by atoms with Gasteiger partial charge in [0.25, 0.3) is 0 Å². The van der Waals surface area contributed by atoms with Crippen LogP contribution >= 0.6 is 24.0 Å². The number of benzene rings is 1. The minimum Gasteiger partial charge on any atom is -0.496 e. The number of rotatable bonds is 7. The van der Waals surface area contributed by atoms with Crippen molar-refractivity contribution in [3.05, 3.63) is 29.8 Å². The van der Waals surface area contributed by atoms with Crippen molar-refractivity contribution in [2.24, 2.45) is 4.99 Å². The number of methoxy groups -OCH3 is 1. The quantitative estimate of drug-likeness (QED) is 0.333. The maximum Gasteiger partial charge on any atom is 0.244 e. The highest BCUT2D eigenvalue weighted by molar-refractivity contribution is 14.0. The van der Waals surface area contributed by atoms with Crippen LogP contribution in [0.3, 0.4) is 0 Å². The Bertz CT molecular complexity index is 683. The van der Waals surface area contributed by atoms with E-state index in [-0.39, 0.29) is 41.8 Å². The van der Waals surface area contributed by atoms with Crippen molar-refractivity contribution < 1.29 is 9.53 Å². The lowest BCUT2D eigenvalue weighted by atomic mass is 9.78. The molecular weight excluding hydrogens is 479 g/mol. The van der Waals surface area contributed by atoms with Gasteiger partial charge in [0.05, 0.1) is 7.11 Å². The monoisotopic (exact) mass is 514 g/mol. The normalized spacial score (nSPS) is 18.3. The van der Waals surface area contributed by atoms with Crippen molar-refractivity contribution in [1.29, 1.82) is 0 Å². The first-order chi connectivity index (χ1) is 13.7. The highest BCUT2D eigenvalue weighted by Gasteiger charge is 2.37. The lowest BCUT2D eigenvalue weighted by Crippen LogP contribution is -2.45. The molecule has 0 unspecified atom stereocenters. The van der Waals surface area contributed by atoms with Crippen LogP contribution in [-0.2, 0) is 10.2 Å². The summed E-state index contributed by atoms with van der Waals surface area (Å²) in [6.07, 6.45) is 6.92. The smallest absolute Gasteiger partial charge is 0.244 e. The Morgan fingerprint density at radius 1 is 1.14 bits per heavy atom. The molecule has 1 aliphatic heterocycles. The van der Waals surface area contributed by atoms with Gasteiger partial charge in [-0.25, -0.2) is 4.99 Å². The molecule has 1 aliphatic carbocycles. The first-order valence-corrected chi connectivity index (χ1v) is 10.6. The number of nitrogens with zero attached hydrogens (tertiary/aromatic N) is 2. The molecule has 1 heterocycles. The second-order valence-corrected chi connectivity index (χ2v) is 7.82. The van der Waals surface area contributed by atoms with Crippen molar-refractivity contribution >= 4 is 35.8 Å². The van der Waals surface area contributed by atoms with Crippen LogP contribution in [0.15, 0.2) is 29.3 Å². The summed E-state index contributed by atoms with van der Waals surface area (Å²) in [5.74, 6) is 1.79. The van der Waals surface area contributed by atoms with Crippen LogP contribution < -0.4 is 15.4 Å². The van der Waals surface area contributed by atoms with Gasteiger partial charge < -0.3 is 20.3 Å². The Hall–Kier alpha value is -1.51. The van der Waals surface area contributed by atoms with Gasteiger partial charge in [0, 0.05) is 37.2 Å². The highest BCUT2D eigenvalue weighted by atomic mass is 127. The molecule has 29 heavy (non-hydrogen) atoms. The molecule has 1 aromatic carbocycles. The molecule has 2 aliphatic rings. The zero-order valence-corrected chi connectivity index (χ0v) is 20.0. The van der Waals surface area contributed by atoms with E-state index in [1.807, 2.05) is 24.0 Å². The molecule has 1 saturated heterocycles. The van der Waals surface area contributed by atoms with Gasteiger partial charge in [-0.05, 0) is 38.7 Å². The van der Waals surface area contributed by atoms with Crippen molar-refractivity contribution in [2.45, 2.75) is 50.9 Å². The van der Waals surface area contributed by atoms with E-state index in [4.69, 9.17) is 4.74 Å². The Labute approximate surface area is 191 Å². The predicted octanol–water partition coefficient (Wildman–Crippen LogP) is 3.30. The first-order valence-electron chi connectivity index (χ1n) is 10.6. The first kappa shape index (κ1) is 23.8. The summed E-state index contributed by atoms with van der Waals surface area (Å²) in [6.45, 7) is 5.55. The van der Waals surface area contributed by atoms with Gasteiger partial charge in [-0.1, -0.05) is 31.0 Å². The Morgan fingerprint density at radius 2 is 1.83 bits per heavy atom. The number of carbonyl (C=O) groups is 1. The summed E-state index contributed by atoms with van der Waals surface area (Å²) in [4.78, 5) is 18.8. The Kier molecular flexibility index (Phi) is 9.52. The minimum absolute atomic E-state index is 0. The molecule has 0 spiro atoms. The highest BCUT2D eigenvalue weighted by Crippen LogP contribution is 2.44. The van der Waals surface area contributed by atoms with E-state index in [9.17, 15) is 4.79 Å². The largest absolute Gasteiger partial charge is 0.496 e. The van der Waals surface area contributed by atoms with Crippen LogP contribution in [0.4, 0.5) is 0 Å².